The molecule has 0 spiro atoms. The molecule has 0 aliphatic heterocycles. The molecular formula is C90H104. The lowest BCUT2D eigenvalue weighted by Crippen LogP contribution is -2.28. The van der Waals surface area contributed by atoms with E-state index < -0.39 is 0 Å². The molecule has 21 rings (SSSR count). The van der Waals surface area contributed by atoms with E-state index in [-0.39, 0.29) is 0 Å². The molecule has 13 aliphatic rings. The molecule has 13 fully saturated rings. The van der Waals surface area contributed by atoms with Gasteiger partial charge in [-0.3, -0.25) is 0 Å². The summed E-state index contributed by atoms with van der Waals surface area (Å²) in [6, 6.07) is 96.4. The molecule has 0 nitrogen and oxygen atoms in total. The van der Waals surface area contributed by atoms with E-state index >= 15 is 0 Å². The summed E-state index contributed by atoms with van der Waals surface area (Å²) >= 11 is 0. The van der Waals surface area contributed by atoms with Crippen molar-refractivity contribution >= 4 is 0 Å². The zero-order valence-electron chi connectivity index (χ0n) is 54.2. The third-order valence-electron chi connectivity index (χ3n) is 26.7. The zero-order chi connectivity index (χ0) is 60.0. The van der Waals surface area contributed by atoms with E-state index in [0.29, 0.717) is 47.3 Å². The molecule has 8 aromatic carbocycles. The highest BCUT2D eigenvalue weighted by atomic mass is 14.6. The fourth-order valence-electron chi connectivity index (χ4n) is 22.5. The molecule has 90 heavy (non-hydrogen) atoms. The van der Waals surface area contributed by atoms with E-state index in [1.165, 1.54) is 141 Å². The molecule has 0 N–H and O–H groups in total. The molecule has 0 heterocycles. The average molecular weight is 1190 g/mol. The van der Waals surface area contributed by atoms with Gasteiger partial charge in [0, 0.05) is 0 Å². The van der Waals surface area contributed by atoms with E-state index in [1.807, 2.05) is 0 Å². The highest BCUT2D eigenvalue weighted by Gasteiger charge is 2.53. The molecule has 464 valence electrons. The van der Waals surface area contributed by atoms with Crippen molar-refractivity contribution in [3.8, 4) is 0 Å². The first-order valence-corrected chi connectivity index (χ1v) is 37.0. The van der Waals surface area contributed by atoms with Gasteiger partial charge >= 0.3 is 0 Å². The van der Waals surface area contributed by atoms with Crippen LogP contribution >= 0.6 is 0 Å². The van der Waals surface area contributed by atoms with Crippen LogP contribution in [0, 0.1) is 71.0 Å². The second-order valence-electron chi connectivity index (χ2n) is 31.0. The predicted molar refractivity (Wildman–Crippen MR) is 377 cm³/mol. The Bertz CT molecular complexity index is 2920. The molecule has 0 saturated heterocycles. The Morgan fingerprint density at radius 2 is 0.311 bits per heavy atom. The minimum absolute atomic E-state index is 0.533. The molecule has 0 heteroatoms. The van der Waals surface area contributed by atoms with Crippen LogP contribution in [-0.4, -0.2) is 0 Å². The van der Waals surface area contributed by atoms with Crippen LogP contribution in [0.1, 0.15) is 233 Å². The molecule has 0 aromatic heterocycles. The molecule has 12 unspecified atom stereocenters. The molecule has 0 radical (unpaired) electrons. The maximum atomic E-state index is 2.54. The SMILES string of the molecule is c1ccc(C2CC3CCC(CC3)C3CC(C4CCC(CC4)CC(c4ccccc4)C(c4ccccc4)CC4CCC(CC4)C4CC(C5CCC(CC5)CC2c2ccccc2)C(c2ccccc2)C4c2ccccc2)C(c2ccccc2)C3c2ccccc2)cc1. The summed E-state index contributed by atoms with van der Waals surface area (Å²) < 4.78 is 0. The lowest BCUT2D eigenvalue weighted by atomic mass is 9.64. The lowest BCUT2D eigenvalue weighted by Gasteiger charge is -2.40. The van der Waals surface area contributed by atoms with E-state index in [4.69, 9.17) is 0 Å². The Labute approximate surface area is 543 Å². The minimum Gasteiger partial charge on any atom is -0.0622 e. The van der Waals surface area contributed by atoms with Gasteiger partial charge in [0.15, 0.2) is 0 Å². The van der Waals surface area contributed by atoms with Gasteiger partial charge in [-0.05, 0) is 253 Å². The third-order valence-corrected chi connectivity index (χ3v) is 26.7. The van der Waals surface area contributed by atoms with Crippen LogP contribution in [0.4, 0.5) is 0 Å². The smallest absolute Gasteiger partial charge is 0.00592 e. The third kappa shape index (κ3) is 13.1. The average Bonchev–Trinajstić information content (AvgIpc) is 1.66. The van der Waals surface area contributed by atoms with Gasteiger partial charge in [0.25, 0.3) is 0 Å². The molecule has 12 atom stereocenters. The van der Waals surface area contributed by atoms with Crippen molar-refractivity contribution in [3.05, 3.63) is 287 Å². The van der Waals surface area contributed by atoms with Gasteiger partial charge in [-0.2, -0.15) is 0 Å². The highest BCUT2D eigenvalue weighted by molar-refractivity contribution is 5.37. The van der Waals surface area contributed by atoms with Crippen LogP contribution in [0.15, 0.2) is 243 Å². The van der Waals surface area contributed by atoms with E-state index in [9.17, 15) is 0 Å². The lowest BCUT2D eigenvalue weighted by molar-refractivity contribution is 0.149. The minimum atomic E-state index is 0.533. The molecule has 13 aliphatic carbocycles. The maximum Gasteiger partial charge on any atom is -0.00592 e. The standard InChI is InChI=1S/C90H104/c1-9-25-67(26-10-1)79-57-63-41-49-71(50-42-63)83-61-85(89(77-37-21-7-22-38-77)87(83)75-33-17-5-18-34-75)73-53-45-65(46-54-73)59-81(69-29-13-3-14-30-69)82(70-31-15-4-16-32-70)60-66-47-55-74(56-48-66)86-62-84(72-51-43-64(44-52-72)58-80(79)68-27-11-2-12-28-68)88(76-35-19-6-20-36-76)90(86)78-39-23-8-24-40-78/h1-40,63-66,71-74,79-90H,41-62H2. The molecule has 8 aromatic rings. The predicted octanol–water partition coefficient (Wildman–Crippen LogP) is 24.3. The van der Waals surface area contributed by atoms with Crippen LogP contribution < -0.4 is 0 Å². The van der Waals surface area contributed by atoms with E-state index in [2.05, 4.69) is 243 Å². The molecule has 12 bridgehead atoms. The Morgan fingerprint density at radius 3 is 0.478 bits per heavy atom. The van der Waals surface area contributed by atoms with Gasteiger partial charge < -0.3 is 0 Å². The van der Waals surface area contributed by atoms with Crippen molar-refractivity contribution in [1.82, 2.24) is 0 Å². The van der Waals surface area contributed by atoms with Gasteiger partial charge in [0.2, 0.25) is 0 Å². The fourth-order valence-corrected chi connectivity index (χ4v) is 22.5. The van der Waals surface area contributed by atoms with Gasteiger partial charge in [-0.1, -0.05) is 294 Å². The molecule has 0 amide bonds. The molecule has 13 saturated carbocycles. The normalized spacial score (nSPS) is 35.0. The number of hydrogen-bond acceptors (Lipinski definition) is 0. The number of hydrogen-bond donors (Lipinski definition) is 0. The highest BCUT2D eigenvalue weighted by Crippen LogP contribution is 2.64. The van der Waals surface area contributed by atoms with Gasteiger partial charge in [0.1, 0.15) is 0 Å². The summed E-state index contributed by atoms with van der Waals surface area (Å²) in [5, 5.41) is 0. The van der Waals surface area contributed by atoms with Crippen LogP contribution in [0.25, 0.3) is 0 Å². The summed E-state index contributed by atoms with van der Waals surface area (Å²) in [6.45, 7) is 0. The first kappa shape index (κ1) is 60.0. The summed E-state index contributed by atoms with van der Waals surface area (Å²) in [7, 11) is 0. The molecular weight excluding hydrogens is 1080 g/mol. The topological polar surface area (TPSA) is 0 Å². The Kier molecular flexibility index (Phi) is 18.9. The number of rotatable bonds is 8. The van der Waals surface area contributed by atoms with Crippen molar-refractivity contribution in [2.75, 3.05) is 0 Å². The fraction of sp³-hybridized carbons (Fsp3) is 0.467. The van der Waals surface area contributed by atoms with Crippen LogP contribution in [-0.2, 0) is 0 Å². The van der Waals surface area contributed by atoms with Gasteiger partial charge in [-0.15, -0.1) is 0 Å². The second-order valence-corrected chi connectivity index (χ2v) is 31.0. The largest absolute Gasteiger partial charge is 0.0622 e. The van der Waals surface area contributed by atoms with Crippen molar-refractivity contribution in [2.24, 2.45) is 71.0 Å². The monoisotopic (exact) mass is 1180 g/mol. The van der Waals surface area contributed by atoms with Crippen LogP contribution in [0.2, 0.25) is 0 Å². The Balaban J connectivity index is 0.782. The van der Waals surface area contributed by atoms with E-state index in [1.54, 1.807) is 44.5 Å². The van der Waals surface area contributed by atoms with Gasteiger partial charge in [-0.25, -0.2) is 0 Å². The Morgan fingerprint density at radius 1 is 0.156 bits per heavy atom. The van der Waals surface area contributed by atoms with Crippen LogP contribution in [0.3, 0.4) is 0 Å². The number of benzene rings is 8. The summed E-state index contributed by atoms with van der Waals surface area (Å²) in [4.78, 5) is 0. The van der Waals surface area contributed by atoms with Crippen molar-refractivity contribution in [2.45, 2.75) is 189 Å². The summed E-state index contributed by atoms with van der Waals surface area (Å²) in [5.41, 5.74) is 12.8. The first-order chi connectivity index (χ1) is 44.6. The second kappa shape index (κ2) is 28.3. The van der Waals surface area contributed by atoms with Crippen molar-refractivity contribution in [1.29, 1.82) is 0 Å². The van der Waals surface area contributed by atoms with Crippen molar-refractivity contribution < 1.29 is 0 Å². The summed E-state index contributed by atoms with van der Waals surface area (Å²) in [5.74, 6) is 13.5. The van der Waals surface area contributed by atoms with Gasteiger partial charge in [0.05, 0.1) is 0 Å². The van der Waals surface area contributed by atoms with Crippen molar-refractivity contribution in [3.63, 3.8) is 0 Å². The first-order valence-electron chi connectivity index (χ1n) is 37.0. The Hall–Kier alpha value is -6.24. The zero-order valence-corrected chi connectivity index (χ0v) is 54.2. The van der Waals surface area contributed by atoms with E-state index in [0.717, 1.165) is 71.0 Å². The summed E-state index contributed by atoms with van der Waals surface area (Å²) in [6.07, 6.45) is 30.3. The maximum absolute atomic E-state index is 2.54. The van der Waals surface area contributed by atoms with Crippen LogP contribution in [0.5, 0.6) is 0 Å². The quantitative estimate of drug-likeness (QED) is 0.142.